The molecule has 0 aliphatic heterocycles. The van der Waals surface area contributed by atoms with Crippen molar-refractivity contribution in [2.45, 2.75) is 53.1 Å². The summed E-state index contributed by atoms with van der Waals surface area (Å²) in [6.07, 6.45) is 0.0676. The van der Waals surface area contributed by atoms with Gasteiger partial charge in [-0.2, -0.15) is 0 Å². The zero-order valence-electron chi connectivity index (χ0n) is 12.7. The van der Waals surface area contributed by atoms with Gasteiger partial charge in [-0.1, -0.05) is 33.8 Å². The highest BCUT2D eigenvalue weighted by atomic mass is 19.1. The molecule has 20 heavy (non-hydrogen) atoms. The molecule has 0 saturated carbocycles. The van der Waals surface area contributed by atoms with E-state index in [0.29, 0.717) is 12.0 Å². The highest BCUT2D eigenvalue weighted by Gasteiger charge is 2.30. The molecule has 3 heteroatoms. The maximum absolute atomic E-state index is 14.1. The van der Waals surface area contributed by atoms with Crippen LogP contribution in [0.4, 0.5) is 4.39 Å². The van der Waals surface area contributed by atoms with Crippen LogP contribution in [0.5, 0.6) is 0 Å². The minimum Gasteiger partial charge on any atom is -0.296 e. The Kier molecular flexibility index (Phi) is 6.05. The number of carbonyl (C=O) groups is 2. The van der Waals surface area contributed by atoms with E-state index >= 15 is 0 Å². The van der Waals surface area contributed by atoms with Gasteiger partial charge in [0.1, 0.15) is 0 Å². The summed E-state index contributed by atoms with van der Waals surface area (Å²) in [5.41, 5.74) is 2.30. The third kappa shape index (κ3) is 3.75. The Labute approximate surface area is 120 Å². The second-order valence-electron chi connectivity index (χ2n) is 5.18. The Morgan fingerprint density at radius 2 is 1.55 bits per heavy atom. The van der Waals surface area contributed by atoms with E-state index in [1.54, 1.807) is 19.1 Å². The summed E-state index contributed by atoms with van der Waals surface area (Å²) in [5.74, 6) is -1.74. The van der Waals surface area contributed by atoms with Crippen LogP contribution < -0.4 is 0 Å². The fraction of sp³-hybridized carbons (Fsp3) is 0.529. The van der Waals surface area contributed by atoms with E-state index in [1.165, 1.54) is 0 Å². The molecule has 0 heterocycles. The fourth-order valence-electron chi connectivity index (χ4n) is 2.04. The van der Waals surface area contributed by atoms with Crippen LogP contribution in [0.3, 0.4) is 0 Å². The molecule has 0 radical (unpaired) electrons. The van der Waals surface area contributed by atoms with E-state index in [4.69, 9.17) is 0 Å². The van der Waals surface area contributed by atoms with Crippen LogP contribution in [0.25, 0.3) is 0 Å². The number of hydrogen-bond donors (Lipinski definition) is 0. The second-order valence-corrected chi connectivity index (χ2v) is 5.18. The predicted octanol–water partition coefficient (Wildman–Crippen LogP) is 3.95. The minimum atomic E-state index is -2.04. The molecular formula is C17H23FO2. The summed E-state index contributed by atoms with van der Waals surface area (Å²) in [6, 6.07) is 5.40. The van der Waals surface area contributed by atoms with Gasteiger partial charge >= 0.3 is 0 Å². The van der Waals surface area contributed by atoms with E-state index in [2.05, 4.69) is 0 Å². The first-order valence-electron chi connectivity index (χ1n) is 7.29. The first-order valence-corrected chi connectivity index (χ1v) is 7.29. The minimum absolute atomic E-state index is 0.311. The Hall–Kier alpha value is -1.51. The monoisotopic (exact) mass is 278 g/mol. The Morgan fingerprint density at radius 3 is 1.95 bits per heavy atom. The van der Waals surface area contributed by atoms with Crippen molar-refractivity contribution in [3.8, 4) is 0 Å². The van der Waals surface area contributed by atoms with Crippen molar-refractivity contribution < 1.29 is 14.0 Å². The van der Waals surface area contributed by atoms with Crippen LogP contribution in [-0.4, -0.2) is 17.7 Å². The van der Waals surface area contributed by atoms with E-state index in [-0.39, 0.29) is 0 Å². The Bertz CT molecular complexity index is 472. The lowest BCUT2D eigenvalue weighted by Crippen LogP contribution is -2.30. The normalized spacial score (nSPS) is 13.8. The van der Waals surface area contributed by atoms with Gasteiger partial charge in [-0.15, -0.1) is 0 Å². The third-order valence-electron chi connectivity index (χ3n) is 3.73. The van der Waals surface area contributed by atoms with Crippen molar-refractivity contribution in [3.05, 3.63) is 34.9 Å². The van der Waals surface area contributed by atoms with Crippen molar-refractivity contribution in [3.63, 3.8) is 0 Å². The molecule has 0 N–H and O–H groups in total. The van der Waals surface area contributed by atoms with Crippen molar-refractivity contribution >= 4 is 11.6 Å². The first-order chi connectivity index (χ1) is 9.44. The SMILES string of the molecule is CCc1cc(CC)cc(C(=O)C(F)C(=O)C(C)CC)c1. The average Bonchev–Trinajstić information content (AvgIpc) is 2.50. The van der Waals surface area contributed by atoms with E-state index in [9.17, 15) is 14.0 Å². The molecule has 110 valence electrons. The molecule has 0 spiro atoms. The molecule has 2 nitrogen and oxygen atoms in total. The number of benzene rings is 1. The third-order valence-corrected chi connectivity index (χ3v) is 3.73. The van der Waals surface area contributed by atoms with Crippen molar-refractivity contribution in [2.24, 2.45) is 5.92 Å². The number of carbonyl (C=O) groups excluding carboxylic acids is 2. The zero-order chi connectivity index (χ0) is 15.3. The largest absolute Gasteiger partial charge is 0.296 e. The highest BCUT2D eigenvalue weighted by molar-refractivity contribution is 6.13. The molecule has 0 saturated heterocycles. The average molecular weight is 278 g/mol. The molecule has 0 fully saturated rings. The standard InChI is InChI=1S/C17H23FO2/c1-5-11(4)16(19)15(18)17(20)14-9-12(6-2)8-13(7-3)10-14/h8-11,15H,5-7H2,1-4H3. The van der Waals surface area contributed by atoms with Crippen molar-refractivity contribution in [2.75, 3.05) is 0 Å². The lowest BCUT2D eigenvalue weighted by atomic mass is 9.93. The number of alkyl halides is 1. The second kappa shape index (κ2) is 7.32. The summed E-state index contributed by atoms with van der Waals surface area (Å²) >= 11 is 0. The molecule has 2 unspecified atom stereocenters. The molecule has 2 atom stereocenters. The van der Waals surface area contributed by atoms with Crippen LogP contribution in [0, 0.1) is 5.92 Å². The topological polar surface area (TPSA) is 34.1 Å². The van der Waals surface area contributed by atoms with Crippen molar-refractivity contribution in [1.29, 1.82) is 0 Å². The first kappa shape index (κ1) is 16.5. The van der Waals surface area contributed by atoms with Gasteiger partial charge in [0, 0.05) is 11.5 Å². The van der Waals surface area contributed by atoms with Crippen LogP contribution in [0.15, 0.2) is 18.2 Å². The summed E-state index contributed by atoms with van der Waals surface area (Å²) < 4.78 is 14.1. The van der Waals surface area contributed by atoms with E-state index in [1.807, 2.05) is 26.8 Å². The van der Waals surface area contributed by atoms with Crippen molar-refractivity contribution in [1.82, 2.24) is 0 Å². The maximum Gasteiger partial charge on any atom is 0.221 e. The molecule has 1 rings (SSSR count). The molecule has 1 aromatic carbocycles. The number of rotatable bonds is 7. The summed E-state index contributed by atoms with van der Waals surface area (Å²) in [7, 11) is 0. The van der Waals surface area contributed by atoms with E-state index < -0.39 is 23.7 Å². The van der Waals surface area contributed by atoms with E-state index in [0.717, 1.165) is 24.0 Å². The quantitative estimate of drug-likeness (QED) is 0.559. The Balaban J connectivity index is 3.05. The highest BCUT2D eigenvalue weighted by Crippen LogP contribution is 2.17. The number of Topliss-reactive ketones (excluding diaryl/α,β-unsaturated/α-hetero) is 2. The zero-order valence-corrected chi connectivity index (χ0v) is 12.7. The Morgan fingerprint density at radius 1 is 1.05 bits per heavy atom. The number of hydrogen-bond acceptors (Lipinski definition) is 2. The van der Waals surface area contributed by atoms with Gasteiger partial charge in [-0.25, -0.2) is 4.39 Å². The summed E-state index contributed by atoms with van der Waals surface area (Å²) in [4.78, 5) is 23.9. The lowest BCUT2D eigenvalue weighted by Gasteiger charge is -2.12. The maximum atomic E-state index is 14.1. The van der Waals surface area contributed by atoms with Gasteiger partial charge in [-0.05, 0) is 42.5 Å². The van der Waals surface area contributed by atoms with Crippen LogP contribution >= 0.6 is 0 Å². The smallest absolute Gasteiger partial charge is 0.221 e. The summed E-state index contributed by atoms with van der Waals surface area (Å²) in [5, 5.41) is 0. The van der Waals surface area contributed by atoms with Gasteiger partial charge in [0.2, 0.25) is 12.0 Å². The molecule has 0 aliphatic carbocycles. The molecule has 1 aromatic rings. The van der Waals surface area contributed by atoms with Gasteiger partial charge in [-0.3, -0.25) is 9.59 Å². The number of ketones is 2. The summed E-state index contributed by atoms with van der Waals surface area (Å²) in [6.45, 7) is 7.44. The predicted molar refractivity (Wildman–Crippen MR) is 78.9 cm³/mol. The lowest BCUT2D eigenvalue weighted by molar-refractivity contribution is -0.125. The van der Waals surface area contributed by atoms with Crippen LogP contribution in [0.2, 0.25) is 0 Å². The van der Waals surface area contributed by atoms with Gasteiger partial charge in [0.05, 0.1) is 0 Å². The van der Waals surface area contributed by atoms with Crippen LogP contribution in [0.1, 0.15) is 55.6 Å². The van der Waals surface area contributed by atoms with Gasteiger partial charge in [0.15, 0.2) is 5.78 Å². The fourth-order valence-corrected chi connectivity index (χ4v) is 2.04. The molecule has 0 aliphatic rings. The molecule has 0 aromatic heterocycles. The molecular weight excluding hydrogens is 255 g/mol. The van der Waals surface area contributed by atoms with Crippen LogP contribution in [-0.2, 0) is 17.6 Å². The molecule has 0 bridgehead atoms. The molecule has 0 amide bonds. The van der Waals surface area contributed by atoms with Gasteiger partial charge < -0.3 is 0 Å². The number of aryl methyl sites for hydroxylation is 2. The van der Waals surface area contributed by atoms with Gasteiger partial charge in [0.25, 0.3) is 0 Å². The number of halogens is 1.